The van der Waals surface area contributed by atoms with E-state index in [1.165, 1.54) is 50.2 Å². The summed E-state index contributed by atoms with van der Waals surface area (Å²) in [6, 6.07) is 15.7. The number of nitrogens with one attached hydrogen (secondary N) is 1. The van der Waals surface area contributed by atoms with Gasteiger partial charge in [0.05, 0.1) is 37.0 Å². The Morgan fingerprint density at radius 2 is 1.69 bits per heavy atom. The zero-order valence-electron chi connectivity index (χ0n) is 19.3. The Kier molecular flexibility index (Phi) is 8.85. The van der Waals surface area contributed by atoms with Crippen LogP contribution in [-0.2, 0) is 14.8 Å². The lowest BCUT2D eigenvalue weighted by Gasteiger charge is -2.19. The van der Waals surface area contributed by atoms with E-state index >= 15 is 0 Å². The number of benzene rings is 3. The highest BCUT2D eigenvalue weighted by molar-refractivity contribution is 7.98. The Hall–Kier alpha value is -3.41. The number of aliphatic hydroxyl groups is 1. The molecule has 2 N–H and O–H groups in total. The fraction of sp³-hybridized carbons (Fsp3) is 0.208. The molecule has 0 aliphatic rings. The number of aliphatic hydroxyl groups excluding tert-OH is 1. The van der Waals surface area contributed by atoms with Crippen molar-refractivity contribution in [1.82, 2.24) is 0 Å². The second-order valence-electron chi connectivity index (χ2n) is 6.95. The van der Waals surface area contributed by atoms with Crippen LogP contribution in [0.25, 0.3) is 0 Å². The summed E-state index contributed by atoms with van der Waals surface area (Å²) >= 11 is 1.48. The molecule has 0 radical (unpaired) electrons. The Morgan fingerprint density at radius 3 is 2.29 bits per heavy atom. The first-order chi connectivity index (χ1) is 16.8. The summed E-state index contributed by atoms with van der Waals surface area (Å²) in [6.45, 7) is -0.450. The van der Waals surface area contributed by atoms with Crippen LogP contribution >= 0.6 is 11.8 Å². The first-order valence-corrected chi connectivity index (χ1v) is 13.0. The zero-order valence-corrected chi connectivity index (χ0v) is 20.9. The molecule has 0 amide bonds. The predicted octanol–water partition coefficient (Wildman–Crippen LogP) is 4.17. The van der Waals surface area contributed by atoms with Crippen molar-refractivity contribution in [3.05, 3.63) is 66.2 Å². The summed E-state index contributed by atoms with van der Waals surface area (Å²) in [7, 11) is -1.42. The van der Waals surface area contributed by atoms with Gasteiger partial charge >= 0.3 is 5.97 Å². The van der Waals surface area contributed by atoms with Crippen LogP contribution in [0.3, 0.4) is 0 Å². The standard InChI is InChI=1S/C24H25NO8S2/c1-30-20-6-4-5-7-21(20)33-23-19(14-16(24(27)31-2)15-22(23)32-13-12-26)25-35(28,29)18-10-8-17(34-3)9-11-18/h4-11,14-15,25-26H,12-13H2,1-3H3. The second kappa shape index (κ2) is 11.8. The van der Waals surface area contributed by atoms with Gasteiger partial charge in [-0.2, -0.15) is 0 Å². The molecular weight excluding hydrogens is 494 g/mol. The Bertz CT molecular complexity index is 1280. The van der Waals surface area contributed by atoms with E-state index in [0.717, 1.165) is 4.90 Å². The lowest BCUT2D eigenvalue weighted by Crippen LogP contribution is -2.15. The number of para-hydroxylation sites is 2. The summed E-state index contributed by atoms with van der Waals surface area (Å²) in [6.07, 6.45) is 1.88. The van der Waals surface area contributed by atoms with Crippen LogP contribution in [0.2, 0.25) is 0 Å². The number of methoxy groups -OCH3 is 2. The molecule has 186 valence electrons. The monoisotopic (exact) mass is 519 g/mol. The van der Waals surface area contributed by atoms with Crippen LogP contribution < -0.4 is 18.9 Å². The third kappa shape index (κ3) is 6.38. The van der Waals surface area contributed by atoms with Crippen LogP contribution in [0.15, 0.2) is 70.5 Å². The fourth-order valence-electron chi connectivity index (χ4n) is 3.05. The minimum absolute atomic E-state index is 0.0137. The molecule has 0 bridgehead atoms. The van der Waals surface area contributed by atoms with E-state index in [9.17, 15) is 18.3 Å². The molecule has 0 atom stereocenters. The summed E-state index contributed by atoms with van der Waals surface area (Å²) in [4.78, 5) is 13.2. The molecule has 3 rings (SSSR count). The third-order valence-electron chi connectivity index (χ3n) is 4.72. The zero-order chi connectivity index (χ0) is 25.4. The third-order valence-corrected chi connectivity index (χ3v) is 6.84. The van der Waals surface area contributed by atoms with E-state index < -0.39 is 16.0 Å². The van der Waals surface area contributed by atoms with Gasteiger partial charge < -0.3 is 24.1 Å². The van der Waals surface area contributed by atoms with Crippen LogP contribution in [0.5, 0.6) is 23.0 Å². The molecule has 11 heteroatoms. The highest BCUT2D eigenvalue weighted by atomic mass is 32.2. The van der Waals surface area contributed by atoms with E-state index in [1.807, 2.05) is 6.26 Å². The number of hydrogen-bond acceptors (Lipinski definition) is 9. The van der Waals surface area contributed by atoms with E-state index in [2.05, 4.69) is 4.72 Å². The smallest absolute Gasteiger partial charge is 0.338 e. The van der Waals surface area contributed by atoms with Crippen molar-refractivity contribution in [2.45, 2.75) is 9.79 Å². The minimum atomic E-state index is -4.08. The van der Waals surface area contributed by atoms with Gasteiger partial charge in [-0.25, -0.2) is 13.2 Å². The maximum absolute atomic E-state index is 13.2. The number of esters is 1. The number of carbonyl (C=O) groups excluding carboxylic acids is 1. The lowest BCUT2D eigenvalue weighted by atomic mass is 10.1. The molecular formula is C24H25NO8S2. The molecule has 0 aliphatic carbocycles. The molecule has 0 saturated heterocycles. The Balaban J connectivity index is 2.15. The highest BCUT2D eigenvalue weighted by Gasteiger charge is 2.24. The first kappa shape index (κ1) is 26.2. The van der Waals surface area contributed by atoms with Gasteiger partial charge in [-0.1, -0.05) is 12.1 Å². The summed E-state index contributed by atoms with van der Waals surface area (Å²) < 4.78 is 50.7. The van der Waals surface area contributed by atoms with Gasteiger partial charge in [0.15, 0.2) is 23.0 Å². The summed E-state index contributed by atoms with van der Waals surface area (Å²) in [5, 5.41) is 9.27. The number of rotatable bonds is 11. The maximum atomic E-state index is 13.2. The number of hydrogen-bond donors (Lipinski definition) is 2. The van der Waals surface area contributed by atoms with E-state index in [-0.39, 0.29) is 46.6 Å². The van der Waals surface area contributed by atoms with Crippen LogP contribution in [0, 0.1) is 0 Å². The lowest BCUT2D eigenvalue weighted by molar-refractivity contribution is 0.0600. The van der Waals surface area contributed by atoms with Crippen molar-refractivity contribution in [3.8, 4) is 23.0 Å². The number of carbonyl (C=O) groups is 1. The number of anilines is 1. The Labute approximate surface area is 208 Å². The topological polar surface area (TPSA) is 120 Å². The molecule has 0 heterocycles. The molecule has 3 aromatic carbocycles. The van der Waals surface area contributed by atoms with Crippen molar-refractivity contribution in [3.63, 3.8) is 0 Å². The summed E-state index contributed by atoms with van der Waals surface area (Å²) in [5.41, 5.74) is -0.0519. The van der Waals surface area contributed by atoms with E-state index in [1.54, 1.807) is 36.4 Å². The first-order valence-electron chi connectivity index (χ1n) is 10.3. The molecule has 0 aromatic heterocycles. The van der Waals surface area contributed by atoms with Crippen molar-refractivity contribution >= 4 is 33.4 Å². The second-order valence-corrected chi connectivity index (χ2v) is 9.51. The largest absolute Gasteiger partial charge is 0.493 e. The van der Waals surface area contributed by atoms with E-state index in [0.29, 0.717) is 5.75 Å². The molecule has 3 aromatic rings. The predicted molar refractivity (Wildman–Crippen MR) is 132 cm³/mol. The normalized spacial score (nSPS) is 11.0. The van der Waals surface area contributed by atoms with Gasteiger partial charge in [0.25, 0.3) is 10.0 Å². The van der Waals surface area contributed by atoms with Gasteiger partial charge in [-0.15, -0.1) is 11.8 Å². The molecule has 0 fully saturated rings. The van der Waals surface area contributed by atoms with Crippen molar-refractivity contribution in [2.24, 2.45) is 0 Å². The molecule has 0 unspecified atom stereocenters. The maximum Gasteiger partial charge on any atom is 0.338 e. The van der Waals surface area contributed by atoms with Crippen LogP contribution in [0.1, 0.15) is 10.4 Å². The molecule has 0 aliphatic heterocycles. The average Bonchev–Trinajstić information content (AvgIpc) is 2.88. The van der Waals surface area contributed by atoms with Crippen LogP contribution in [0.4, 0.5) is 5.69 Å². The van der Waals surface area contributed by atoms with Gasteiger partial charge in [-0.3, -0.25) is 4.72 Å². The van der Waals surface area contributed by atoms with E-state index in [4.69, 9.17) is 18.9 Å². The number of ether oxygens (including phenoxy) is 4. The number of sulfonamides is 1. The van der Waals surface area contributed by atoms with Gasteiger partial charge in [0.1, 0.15) is 6.61 Å². The minimum Gasteiger partial charge on any atom is -0.493 e. The fourth-order valence-corrected chi connectivity index (χ4v) is 4.52. The van der Waals surface area contributed by atoms with Crippen molar-refractivity contribution in [2.75, 3.05) is 38.4 Å². The van der Waals surface area contributed by atoms with Gasteiger partial charge in [-0.05, 0) is 54.8 Å². The van der Waals surface area contributed by atoms with Crippen LogP contribution in [-0.4, -0.2) is 53.2 Å². The summed E-state index contributed by atoms with van der Waals surface area (Å²) in [5.74, 6) is -0.0609. The quantitative estimate of drug-likeness (QED) is 0.284. The SMILES string of the molecule is COC(=O)c1cc(NS(=O)(=O)c2ccc(SC)cc2)c(Oc2ccccc2OC)c(OCCO)c1. The number of thioether (sulfide) groups is 1. The molecule has 0 saturated carbocycles. The average molecular weight is 520 g/mol. The molecule has 9 nitrogen and oxygen atoms in total. The molecule has 0 spiro atoms. The van der Waals surface area contributed by atoms with Gasteiger partial charge in [0, 0.05) is 4.90 Å². The van der Waals surface area contributed by atoms with Gasteiger partial charge in [0.2, 0.25) is 0 Å². The van der Waals surface area contributed by atoms with Crippen molar-refractivity contribution in [1.29, 1.82) is 0 Å². The highest BCUT2D eigenvalue weighted by Crippen LogP contribution is 2.43. The Morgan fingerprint density at radius 1 is 1.00 bits per heavy atom. The molecule has 35 heavy (non-hydrogen) atoms. The van der Waals surface area contributed by atoms with Crippen molar-refractivity contribution < 1.29 is 37.3 Å².